The third-order valence-corrected chi connectivity index (χ3v) is 3.45. The molecule has 7 heteroatoms. The van der Waals surface area contributed by atoms with Gasteiger partial charge in [-0.2, -0.15) is 11.8 Å². The van der Waals surface area contributed by atoms with Crippen LogP contribution in [-0.4, -0.2) is 40.8 Å². The molecule has 0 saturated carbocycles. The molecule has 0 aliphatic carbocycles. The van der Waals surface area contributed by atoms with Crippen molar-refractivity contribution in [1.29, 1.82) is 0 Å². The number of carbonyl (C=O) groups is 2. The lowest BCUT2D eigenvalue weighted by Crippen LogP contribution is -2.33. The Balaban J connectivity index is 2.64. The summed E-state index contributed by atoms with van der Waals surface area (Å²) in [7, 11) is 0. The summed E-state index contributed by atoms with van der Waals surface area (Å²) in [5.41, 5.74) is -0.0115. The van der Waals surface area contributed by atoms with Crippen molar-refractivity contribution >= 4 is 29.4 Å². The van der Waals surface area contributed by atoms with E-state index < -0.39 is 12.0 Å². The highest BCUT2D eigenvalue weighted by atomic mass is 32.2. The molecule has 1 aromatic rings. The highest BCUT2D eigenvalue weighted by Gasteiger charge is 2.13. The third-order valence-electron chi connectivity index (χ3n) is 2.54. The number of urea groups is 1. The number of carboxylic acid groups (broad SMARTS) is 1. The SMILES string of the molecule is CSCC(C)CNC(=O)Nc1ccc(O)cc1C(=O)O. The molecular weight excluding hydrogens is 280 g/mol. The second-order valence-corrected chi connectivity index (χ2v) is 5.34. The summed E-state index contributed by atoms with van der Waals surface area (Å²) in [6.45, 7) is 2.52. The molecule has 6 nitrogen and oxygen atoms in total. The molecule has 0 fully saturated rings. The van der Waals surface area contributed by atoms with Crippen LogP contribution in [0.15, 0.2) is 18.2 Å². The summed E-state index contributed by atoms with van der Waals surface area (Å²) in [5, 5.41) is 23.4. The zero-order valence-corrected chi connectivity index (χ0v) is 12.2. The molecule has 0 spiro atoms. The maximum absolute atomic E-state index is 11.7. The number of hydrogen-bond acceptors (Lipinski definition) is 4. The van der Waals surface area contributed by atoms with Crippen LogP contribution in [0.2, 0.25) is 0 Å². The van der Waals surface area contributed by atoms with Crippen LogP contribution in [0.5, 0.6) is 5.75 Å². The lowest BCUT2D eigenvalue weighted by Gasteiger charge is -2.13. The Labute approximate surface area is 121 Å². The first kappa shape index (κ1) is 16.2. The monoisotopic (exact) mass is 298 g/mol. The lowest BCUT2D eigenvalue weighted by atomic mass is 10.1. The molecule has 0 bridgehead atoms. The fraction of sp³-hybridized carbons (Fsp3) is 0.385. The molecular formula is C13H18N2O4S. The first-order valence-corrected chi connectivity index (χ1v) is 7.43. The fourth-order valence-corrected chi connectivity index (χ4v) is 2.28. The number of amides is 2. The minimum Gasteiger partial charge on any atom is -0.508 e. The van der Waals surface area contributed by atoms with E-state index in [0.717, 1.165) is 11.8 Å². The molecule has 0 radical (unpaired) electrons. The van der Waals surface area contributed by atoms with E-state index in [1.807, 2.05) is 13.2 Å². The van der Waals surface area contributed by atoms with Crippen molar-refractivity contribution in [2.24, 2.45) is 5.92 Å². The number of benzene rings is 1. The lowest BCUT2D eigenvalue weighted by molar-refractivity contribution is 0.0697. The minimum atomic E-state index is -1.22. The second-order valence-electron chi connectivity index (χ2n) is 4.43. The van der Waals surface area contributed by atoms with E-state index in [1.165, 1.54) is 12.1 Å². The standard InChI is InChI=1S/C13H18N2O4S/c1-8(7-20-2)6-14-13(19)15-11-4-3-9(16)5-10(11)12(17)18/h3-5,8,16H,6-7H2,1-2H3,(H,17,18)(H2,14,15,19). The van der Waals surface area contributed by atoms with Crippen LogP contribution in [0.25, 0.3) is 0 Å². The van der Waals surface area contributed by atoms with Gasteiger partial charge < -0.3 is 20.8 Å². The average Bonchev–Trinajstić information content (AvgIpc) is 2.38. The van der Waals surface area contributed by atoms with Gasteiger partial charge in [0, 0.05) is 6.54 Å². The highest BCUT2D eigenvalue weighted by Crippen LogP contribution is 2.21. The van der Waals surface area contributed by atoms with E-state index in [-0.39, 0.29) is 17.0 Å². The molecule has 20 heavy (non-hydrogen) atoms. The van der Waals surface area contributed by atoms with Crippen molar-refractivity contribution in [3.05, 3.63) is 23.8 Å². The van der Waals surface area contributed by atoms with Gasteiger partial charge in [0.15, 0.2) is 0 Å². The number of hydrogen-bond donors (Lipinski definition) is 4. The smallest absolute Gasteiger partial charge is 0.337 e. The number of aromatic hydroxyl groups is 1. The largest absolute Gasteiger partial charge is 0.508 e. The van der Waals surface area contributed by atoms with Gasteiger partial charge >= 0.3 is 12.0 Å². The zero-order valence-electron chi connectivity index (χ0n) is 11.3. The number of carbonyl (C=O) groups excluding carboxylic acids is 1. The molecule has 0 saturated heterocycles. The molecule has 1 rings (SSSR count). The number of thioether (sulfide) groups is 1. The van der Waals surface area contributed by atoms with Crippen molar-refractivity contribution in [1.82, 2.24) is 5.32 Å². The summed E-state index contributed by atoms with van der Waals surface area (Å²) in [4.78, 5) is 22.7. The maximum Gasteiger partial charge on any atom is 0.337 e. The Hall–Kier alpha value is -1.89. The minimum absolute atomic E-state index is 0.144. The first-order chi connectivity index (χ1) is 9.43. The predicted octanol–water partition coefficient (Wildman–Crippen LogP) is 2.21. The van der Waals surface area contributed by atoms with E-state index in [4.69, 9.17) is 5.11 Å². The summed E-state index contributed by atoms with van der Waals surface area (Å²) < 4.78 is 0. The van der Waals surface area contributed by atoms with E-state index >= 15 is 0 Å². The predicted molar refractivity (Wildman–Crippen MR) is 79.6 cm³/mol. The summed E-state index contributed by atoms with van der Waals surface area (Å²) in [5.74, 6) is -0.122. The number of aromatic carboxylic acids is 1. The van der Waals surface area contributed by atoms with Crippen molar-refractivity contribution in [3.63, 3.8) is 0 Å². The summed E-state index contributed by atoms with van der Waals surface area (Å²) in [6.07, 6.45) is 1.99. The quantitative estimate of drug-likeness (QED) is 0.604. The second kappa shape index (κ2) is 7.64. The van der Waals surface area contributed by atoms with E-state index in [0.29, 0.717) is 12.5 Å². The molecule has 0 aromatic heterocycles. The number of phenolic OH excluding ortho intramolecular Hbond substituents is 1. The van der Waals surface area contributed by atoms with E-state index in [1.54, 1.807) is 11.8 Å². The molecule has 0 aliphatic heterocycles. The van der Waals surface area contributed by atoms with Crippen LogP contribution >= 0.6 is 11.8 Å². The van der Waals surface area contributed by atoms with E-state index in [2.05, 4.69) is 10.6 Å². The Morgan fingerprint density at radius 3 is 2.70 bits per heavy atom. The van der Waals surface area contributed by atoms with Crippen LogP contribution < -0.4 is 10.6 Å². The first-order valence-electron chi connectivity index (χ1n) is 6.04. The van der Waals surface area contributed by atoms with Gasteiger partial charge in [0.05, 0.1) is 11.3 Å². The van der Waals surface area contributed by atoms with Crippen molar-refractivity contribution in [3.8, 4) is 5.75 Å². The zero-order chi connectivity index (χ0) is 15.1. The Bertz CT molecular complexity index is 493. The van der Waals surface area contributed by atoms with Gasteiger partial charge in [0.1, 0.15) is 5.75 Å². The van der Waals surface area contributed by atoms with Crippen LogP contribution in [0, 0.1) is 5.92 Å². The Morgan fingerprint density at radius 1 is 1.40 bits per heavy atom. The van der Waals surface area contributed by atoms with Crippen LogP contribution in [0.4, 0.5) is 10.5 Å². The van der Waals surface area contributed by atoms with Gasteiger partial charge in [-0.25, -0.2) is 9.59 Å². The fourth-order valence-electron chi connectivity index (χ4n) is 1.60. The van der Waals surface area contributed by atoms with E-state index in [9.17, 15) is 14.7 Å². The third kappa shape index (κ3) is 5.00. The van der Waals surface area contributed by atoms with Gasteiger partial charge in [-0.3, -0.25) is 0 Å². The highest BCUT2D eigenvalue weighted by molar-refractivity contribution is 7.98. The van der Waals surface area contributed by atoms with Crippen molar-refractivity contribution in [2.75, 3.05) is 23.9 Å². The summed E-state index contributed by atoms with van der Waals surface area (Å²) in [6, 6.07) is 3.29. The van der Waals surface area contributed by atoms with Gasteiger partial charge in [-0.15, -0.1) is 0 Å². The molecule has 4 N–H and O–H groups in total. The van der Waals surface area contributed by atoms with Crippen LogP contribution in [0.3, 0.4) is 0 Å². The van der Waals surface area contributed by atoms with Crippen molar-refractivity contribution in [2.45, 2.75) is 6.92 Å². The number of rotatable bonds is 6. The summed E-state index contributed by atoms with van der Waals surface area (Å²) >= 11 is 1.70. The average molecular weight is 298 g/mol. The topological polar surface area (TPSA) is 98.7 Å². The molecule has 1 aromatic carbocycles. The number of carboxylic acids is 1. The van der Waals surface area contributed by atoms with Crippen LogP contribution in [-0.2, 0) is 0 Å². The molecule has 2 amide bonds. The molecule has 0 heterocycles. The Morgan fingerprint density at radius 2 is 2.10 bits per heavy atom. The normalized spacial score (nSPS) is 11.7. The van der Waals surface area contributed by atoms with Crippen molar-refractivity contribution < 1.29 is 19.8 Å². The molecule has 0 aliphatic rings. The van der Waals surface area contributed by atoms with Gasteiger partial charge in [0.25, 0.3) is 0 Å². The molecule has 1 unspecified atom stereocenters. The van der Waals surface area contributed by atoms with Gasteiger partial charge in [-0.1, -0.05) is 6.92 Å². The van der Waals surface area contributed by atoms with Crippen LogP contribution in [0.1, 0.15) is 17.3 Å². The number of nitrogens with one attached hydrogen (secondary N) is 2. The Kier molecular flexibility index (Phi) is 6.17. The number of phenols is 1. The number of anilines is 1. The molecule has 110 valence electrons. The molecule has 1 atom stereocenters. The van der Waals surface area contributed by atoms with Gasteiger partial charge in [0.2, 0.25) is 0 Å². The van der Waals surface area contributed by atoms with Gasteiger partial charge in [-0.05, 0) is 36.1 Å². The maximum atomic E-state index is 11.7.